The summed E-state index contributed by atoms with van der Waals surface area (Å²) >= 11 is 0. The summed E-state index contributed by atoms with van der Waals surface area (Å²) in [5, 5.41) is 5.72. The SMILES string of the molecule is CNCc1cc(F)cc(OCCC(=O)NC(C)C)c1. The minimum Gasteiger partial charge on any atom is -0.493 e. The summed E-state index contributed by atoms with van der Waals surface area (Å²) in [5.41, 5.74) is 0.809. The molecule has 5 heteroatoms. The van der Waals surface area contributed by atoms with Gasteiger partial charge in [0, 0.05) is 18.7 Å². The first kappa shape index (κ1) is 15.4. The van der Waals surface area contributed by atoms with Crippen LogP contribution in [0, 0.1) is 5.82 Å². The maximum atomic E-state index is 13.3. The maximum absolute atomic E-state index is 13.3. The van der Waals surface area contributed by atoms with Gasteiger partial charge in [-0.25, -0.2) is 4.39 Å². The molecular formula is C14H21FN2O2. The van der Waals surface area contributed by atoms with Crippen LogP contribution in [0.1, 0.15) is 25.8 Å². The summed E-state index contributed by atoms with van der Waals surface area (Å²) in [6.45, 7) is 4.60. The zero-order valence-electron chi connectivity index (χ0n) is 11.6. The van der Waals surface area contributed by atoms with Crippen LogP contribution in [0.25, 0.3) is 0 Å². The molecular weight excluding hydrogens is 247 g/mol. The van der Waals surface area contributed by atoms with Crippen LogP contribution in [0.4, 0.5) is 4.39 Å². The van der Waals surface area contributed by atoms with Crippen molar-refractivity contribution in [1.82, 2.24) is 10.6 Å². The van der Waals surface area contributed by atoms with Crippen LogP contribution in [-0.2, 0) is 11.3 Å². The van der Waals surface area contributed by atoms with Gasteiger partial charge in [0.15, 0.2) is 0 Å². The van der Waals surface area contributed by atoms with Gasteiger partial charge in [0.05, 0.1) is 13.0 Å². The van der Waals surface area contributed by atoms with Crippen LogP contribution in [0.5, 0.6) is 5.75 Å². The Kier molecular flexibility index (Phi) is 6.29. The molecule has 0 saturated heterocycles. The number of amides is 1. The molecule has 1 amide bonds. The van der Waals surface area contributed by atoms with Crippen LogP contribution in [0.3, 0.4) is 0 Å². The minimum absolute atomic E-state index is 0.0677. The Morgan fingerprint density at radius 2 is 2.11 bits per heavy atom. The van der Waals surface area contributed by atoms with E-state index in [-0.39, 0.29) is 30.8 Å². The molecule has 0 unspecified atom stereocenters. The molecule has 0 saturated carbocycles. The van der Waals surface area contributed by atoms with Gasteiger partial charge in [0.1, 0.15) is 11.6 Å². The largest absolute Gasteiger partial charge is 0.493 e. The Hall–Kier alpha value is -1.62. The van der Waals surface area contributed by atoms with Gasteiger partial charge in [-0.05, 0) is 38.6 Å². The van der Waals surface area contributed by atoms with Gasteiger partial charge in [-0.1, -0.05) is 0 Å². The minimum atomic E-state index is -0.339. The van der Waals surface area contributed by atoms with Gasteiger partial charge in [-0.2, -0.15) is 0 Å². The monoisotopic (exact) mass is 268 g/mol. The lowest BCUT2D eigenvalue weighted by Crippen LogP contribution is -2.31. The van der Waals surface area contributed by atoms with Crippen molar-refractivity contribution in [3.63, 3.8) is 0 Å². The van der Waals surface area contributed by atoms with E-state index in [0.717, 1.165) is 5.56 Å². The molecule has 0 fully saturated rings. The summed E-state index contributed by atoms with van der Waals surface area (Å²) in [5.74, 6) is 0.0406. The fourth-order valence-corrected chi connectivity index (χ4v) is 1.67. The predicted molar refractivity (Wildman–Crippen MR) is 72.6 cm³/mol. The van der Waals surface area contributed by atoms with E-state index in [9.17, 15) is 9.18 Å². The van der Waals surface area contributed by atoms with E-state index in [1.165, 1.54) is 12.1 Å². The molecule has 19 heavy (non-hydrogen) atoms. The quantitative estimate of drug-likeness (QED) is 0.793. The van der Waals surface area contributed by atoms with Crippen LogP contribution in [0.2, 0.25) is 0 Å². The molecule has 1 rings (SSSR count). The Morgan fingerprint density at radius 3 is 2.74 bits per heavy atom. The van der Waals surface area contributed by atoms with Crippen molar-refractivity contribution in [2.24, 2.45) is 0 Å². The summed E-state index contributed by atoms with van der Waals surface area (Å²) in [4.78, 5) is 11.4. The second kappa shape index (κ2) is 7.74. The van der Waals surface area contributed by atoms with Crippen molar-refractivity contribution in [2.75, 3.05) is 13.7 Å². The zero-order chi connectivity index (χ0) is 14.3. The molecule has 0 heterocycles. The lowest BCUT2D eigenvalue weighted by atomic mass is 10.2. The Labute approximate surface area is 113 Å². The first-order chi connectivity index (χ1) is 9.01. The van der Waals surface area contributed by atoms with Crippen molar-refractivity contribution in [2.45, 2.75) is 32.9 Å². The first-order valence-corrected chi connectivity index (χ1v) is 6.37. The number of carbonyl (C=O) groups excluding carboxylic acids is 1. The van der Waals surface area contributed by atoms with Crippen molar-refractivity contribution in [1.29, 1.82) is 0 Å². The molecule has 0 atom stereocenters. The highest BCUT2D eigenvalue weighted by atomic mass is 19.1. The number of benzene rings is 1. The maximum Gasteiger partial charge on any atom is 0.223 e. The predicted octanol–water partition coefficient (Wildman–Crippen LogP) is 1.84. The molecule has 106 valence electrons. The van der Waals surface area contributed by atoms with Crippen molar-refractivity contribution in [3.8, 4) is 5.75 Å². The number of ether oxygens (including phenoxy) is 1. The van der Waals surface area contributed by atoms with Crippen molar-refractivity contribution >= 4 is 5.91 Å². The van der Waals surface area contributed by atoms with Crippen LogP contribution < -0.4 is 15.4 Å². The van der Waals surface area contributed by atoms with Crippen LogP contribution >= 0.6 is 0 Å². The number of carbonyl (C=O) groups is 1. The van der Waals surface area contributed by atoms with Gasteiger partial charge in [-0.15, -0.1) is 0 Å². The molecule has 0 aliphatic rings. The Bertz CT molecular complexity index is 422. The average Bonchev–Trinajstić information content (AvgIpc) is 2.27. The molecule has 1 aromatic carbocycles. The third-order valence-corrected chi connectivity index (χ3v) is 2.36. The van der Waals surface area contributed by atoms with Gasteiger partial charge < -0.3 is 15.4 Å². The fraction of sp³-hybridized carbons (Fsp3) is 0.500. The lowest BCUT2D eigenvalue weighted by molar-refractivity contribution is -0.122. The molecule has 2 N–H and O–H groups in total. The van der Waals surface area contributed by atoms with E-state index < -0.39 is 0 Å². The second-order valence-corrected chi connectivity index (χ2v) is 4.65. The topological polar surface area (TPSA) is 50.4 Å². The van der Waals surface area contributed by atoms with E-state index in [0.29, 0.717) is 12.3 Å². The molecule has 0 aliphatic carbocycles. The summed E-state index contributed by atoms with van der Waals surface area (Å²) in [6.07, 6.45) is 0.260. The fourth-order valence-electron chi connectivity index (χ4n) is 1.67. The Balaban J connectivity index is 2.46. The molecule has 4 nitrogen and oxygen atoms in total. The third-order valence-electron chi connectivity index (χ3n) is 2.36. The van der Waals surface area contributed by atoms with E-state index >= 15 is 0 Å². The molecule has 0 bridgehead atoms. The molecule has 0 radical (unpaired) electrons. The Morgan fingerprint density at radius 1 is 1.37 bits per heavy atom. The highest BCUT2D eigenvalue weighted by molar-refractivity contribution is 5.76. The molecule has 1 aromatic rings. The van der Waals surface area contributed by atoms with E-state index in [1.54, 1.807) is 13.1 Å². The number of hydrogen-bond donors (Lipinski definition) is 2. The average molecular weight is 268 g/mol. The van der Waals surface area contributed by atoms with Crippen molar-refractivity contribution < 1.29 is 13.9 Å². The summed E-state index contributed by atoms with van der Waals surface area (Å²) in [6, 6.07) is 4.65. The number of nitrogens with one attached hydrogen (secondary N) is 2. The second-order valence-electron chi connectivity index (χ2n) is 4.65. The standard InChI is InChI=1S/C14H21FN2O2/c1-10(2)17-14(18)4-5-19-13-7-11(9-16-3)6-12(15)8-13/h6-8,10,16H,4-5,9H2,1-3H3,(H,17,18). The van der Waals surface area contributed by atoms with E-state index in [4.69, 9.17) is 4.74 Å². The smallest absolute Gasteiger partial charge is 0.223 e. The van der Waals surface area contributed by atoms with E-state index in [2.05, 4.69) is 10.6 Å². The van der Waals surface area contributed by atoms with Gasteiger partial charge >= 0.3 is 0 Å². The summed E-state index contributed by atoms with van der Waals surface area (Å²) < 4.78 is 18.7. The van der Waals surface area contributed by atoms with Crippen LogP contribution in [0.15, 0.2) is 18.2 Å². The normalized spacial score (nSPS) is 10.6. The lowest BCUT2D eigenvalue weighted by Gasteiger charge is -2.10. The summed E-state index contributed by atoms with van der Waals surface area (Å²) in [7, 11) is 1.79. The highest BCUT2D eigenvalue weighted by Gasteiger charge is 2.05. The van der Waals surface area contributed by atoms with Crippen molar-refractivity contribution in [3.05, 3.63) is 29.6 Å². The highest BCUT2D eigenvalue weighted by Crippen LogP contribution is 2.16. The number of halogens is 1. The van der Waals surface area contributed by atoms with Gasteiger partial charge in [0.2, 0.25) is 5.91 Å². The van der Waals surface area contributed by atoms with Gasteiger partial charge in [0.25, 0.3) is 0 Å². The number of rotatable bonds is 7. The molecule has 0 aromatic heterocycles. The first-order valence-electron chi connectivity index (χ1n) is 6.37. The van der Waals surface area contributed by atoms with Crippen LogP contribution in [-0.4, -0.2) is 25.6 Å². The third kappa shape index (κ3) is 6.20. The molecule has 0 aliphatic heterocycles. The molecule has 0 spiro atoms. The van der Waals surface area contributed by atoms with E-state index in [1.807, 2.05) is 13.8 Å². The number of hydrogen-bond acceptors (Lipinski definition) is 3. The van der Waals surface area contributed by atoms with Gasteiger partial charge in [-0.3, -0.25) is 4.79 Å². The zero-order valence-corrected chi connectivity index (χ0v) is 11.6.